The number of hydrogen-bond donors (Lipinski definition) is 2. The molecule has 0 aliphatic carbocycles. The van der Waals surface area contributed by atoms with Gasteiger partial charge in [0, 0.05) is 25.8 Å². The normalized spacial score (nSPS) is 23.1. The summed E-state index contributed by atoms with van der Waals surface area (Å²) in [5.41, 5.74) is 0.249. The molecule has 0 unspecified atom stereocenters. The summed E-state index contributed by atoms with van der Waals surface area (Å²) in [4.78, 5) is 11.9. The highest BCUT2D eigenvalue weighted by Crippen LogP contribution is 2.16. The van der Waals surface area contributed by atoms with Crippen molar-refractivity contribution < 1.29 is 13.9 Å². The Hall–Kier alpha value is -1.17. The summed E-state index contributed by atoms with van der Waals surface area (Å²) < 4.78 is 18.5. The molecular weight excluding hydrogens is 259 g/mol. The Morgan fingerprint density at radius 2 is 2.33 bits per heavy atom. The Morgan fingerprint density at radius 3 is 3.00 bits per heavy atom. The molecule has 0 radical (unpaired) electrons. The van der Waals surface area contributed by atoms with Crippen molar-refractivity contribution in [2.24, 2.45) is 0 Å². The Balaban J connectivity index is 2.05. The van der Waals surface area contributed by atoms with Gasteiger partial charge < -0.3 is 15.4 Å². The molecule has 0 aromatic heterocycles. The zero-order valence-corrected chi connectivity index (χ0v) is 10.6. The molecule has 2 N–H and O–H groups in total. The van der Waals surface area contributed by atoms with Gasteiger partial charge >= 0.3 is 0 Å². The molecule has 1 amide bonds. The van der Waals surface area contributed by atoms with Crippen LogP contribution in [0, 0.1) is 5.82 Å². The van der Waals surface area contributed by atoms with Crippen molar-refractivity contribution in [3.8, 4) is 0 Å². The van der Waals surface area contributed by atoms with Gasteiger partial charge in [0.1, 0.15) is 5.82 Å². The molecule has 4 nitrogen and oxygen atoms in total. The molecule has 1 saturated heterocycles. The lowest BCUT2D eigenvalue weighted by Gasteiger charge is -2.18. The molecule has 1 aromatic carbocycles. The monoisotopic (exact) mass is 272 g/mol. The van der Waals surface area contributed by atoms with E-state index >= 15 is 0 Å². The van der Waals surface area contributed by atoms with Crippen molar-refractivity contribution in [1.29, 1.82) is 0 Å². The summed E-state index contributed by atoms with van der Waals surface area (Å²) >= 11 is 5.56. The van der Waals surface area contributed by atoms with Crippen LogP contribution in [0.4, 0.5) is 4.39 Å². The average molecular weight is 273 g/mol. The van der Waals surface area contributed by atoms with E-state index in [9.17, 15) is 9.18 Å². The maximum atomic E-state index is 13.2. The highest BCUT2D eigenvalue weighted by Gasteiger charge is 2.28. The minimum absolute atomic E-state index is 0.00357. The summed E-state index contributed by atoms with van der Waals surface area (Å²) in [7, 11) is 1.60. The highest BCUT2D eigenvalue weighted by atomic mass is 35.5. The number of halogens is 2. The van der Waals surface area contributed by atoms with Crippen molar-refractivity contribution in [3.05, 3.63) is 34.6 Å². The molecule has 6 heteroatoms. The summed E-state index contributed by atoms with van der Waals surface area (Å²) in [6, 6.07) is 3.88. The molecule has 1 aliphatic heterocycles. The van der Waals surface area contributed by atoms with Crippen LogP contribution >= 0.6 is 11.6 Å². The van der Waals surface area contributed by atoms with E-state index in [1.54, 1.807) is 7.11 Å². The smallest absolute Gasteiger partial charge is 0.251 e. The van der Waals surface area contributed by atoms with Crippen molar-refractivity contribution in [2.75, 3.05) is 20.2 Å². The molecule has 18 heavy (non-hydrogen) atoms. The molecule has 98 valence electrons. The van der Waals surface area contributed by atoms with E-state index in [-0.39, 0.29) is 28.6 Å². The van der Waals surface area contributed by atoms with Gasteiger partial charge in [-0.2, -0.15) is 0 Å². The first kappa shape index (κ1) is 13.3. The Kier molecular flexibility index (Phi) is 4.16. The second-order valence-corrected chi connectivity index (χ2v) is 4.55. The van der Waals surface area contributed by atoms with Gasteiger partial charge in [0.15, 0.2) is 0 Å². The number of hydrogen-bond acceptors (Lipinski definition) is 3. The van der Waals surface area contributed by atoms with Gasteiger partial charge in [-0.15, -0.1) is 0 Å². The number of nitrogens with one attached hydrogen (secondary N) is 2. The van der Waals surface area contributed by atoms with Gasteiger partial charge in [-0.25, -0.2) is 4.39 Å². The molecule has 1 aliphatic rings. The molecule has 1 aromatic rings. The van der Waals surface area contributed by atoms with Crippen LogP contribution in [0.1, 0.15) is 10.4 Å². The predicted octanol–water partition coefficient (Wildman–Crippen LogP) is 1.20. The molecule has 0 spiro atoms. The van der Waals surface area contributed by atoms with E-state index in [1.807, 2.05) is 0 Å². The van der Waals surface area contributed by atoms with Gasteiger partial charge in [-0.3, -0.25) is 4.79 Å². The molecule has 0 bridgehead atoms. The fourth-order valence-electron chi connectivity index (χ4n) is 1.94. The lowest BCUT2D eigenvalue weighted by molar-refractivity contribution is 0.0779. The summed E-state index contributed by atoms with van der Waals surface area (Å²) in [6.07, 6.45) is -0.0638. The van der Waals surface area contributed by atoms with Crippen LogP contribution < -0.4 is 10.6 Å². The van der Waals surface area contributed by atoms with Gasteiger partial charge in [0.25, 0.3) is 5.91 Å². The Morgan fingerprint density at radius 1 is 1.56 bits per heavy atom. The molecule has 1 heterocycles. The standard InChI is InChI=1S/C12H14ClFN2O2/c1-18-11-6-15-5-10(11)16-12(17)7-2-3-8(13)9(14)4-7/h2-4,10-11,15H,5-6H2,1H3,(H,16,17)/t10-,11-/m0/s1. The number of amides is 1. The predicted molar refractivity (Wildman–Crippen MR) is 66.3 cm³/mol. The fraction of sp³-hybridized carbons (Fsp3) is 0.417. The molecule has 2 rings (SSSR count). The van der Waals surface area contributed by atoms with Crippen LogP contribution in [0.2, 0.25) is 5.02 Å². The van der Waals surface area contributed by atoms with Gasteiger partial charge in [0.2, 0.25) is 0 Å². The number of benzene rings is 1. The van der Waals surface area contributed by atoms with Crippen LogP contribution in [0.3, 0.4) is 0 Å². The quantitative estimate of drug-likeness (QED) is 0.869. The first-order chi connectivity index (χ1) is 8.61. The third-order valence-electron chi connectivity index (χ3n) is 2.96. The summed E-state index contributed by atoms with van der Waals surface area (Å²) in [5.74, 6) is -0.932. The Bertz CT molecular complexity index is 456. The van der Waals surface area contributed by atoms with Crippen LogP contribution in [-0.2, 0) is 4.74 Å². The first-order valence-electron chi connectivity index (χ1n) is 5.61. The van der Waals surface area contributed by atoms with E-state index in [0.29, 0.717) is 13.1 Å². The lowest BCUT2D eigenvalue weighted by atomic mass is 10.1. The number of ether oxygens (including phenoxy) is 1. The third kappa shape index (κ3) is 2.80. The lowest BCUT2D eigenvalue weighted by Crippen LogP contribution is -2.43. The number of rotatable bonds is 3. The molecule has 1 fully saturated rings. The van der Waals surface area contributed by atoms with E-state index in [1.165, 1.54) is 12.1 Å². The van der Waals surface area contributed by atoms with Gasteiger partial charge in [-0.05, 0) is 18.2 Å². The van der Waals surface area contributed by atoms with Crippen molar-refractivity contribution in [1.82, 2.24) is 10.6 Å². The SMILES string of the molecule is CO[C@H]1CNC[C@@H]1NC(=O)c1ccc(Cl)c(F)c1. The second kappa shape index (κ2) is 5.65. The fourth-order valence-corrected chi connectivity index (χ4v) is 2.05. The zero-order valence-electron chi connectivity index (χ0n) is 9.87. The number of carbonyl (C=O) groups is 1. The Labute approximate surface area is 109 Å². The van der Waals surface area contributed by atoms with E-state index in [4.69, 9.17) is 16.3 Å². The van der Waals surface area contributed by atoms with Gasteiger partial charge in [-0.1, -0.05) is 11.6 Å². The summed E-state index contributed by atoms with van der Waals surface area (Å²) in [6.45, 7) is 1.33. The van der Waals surface area contributed by atoms with E-state index < -0.39 is 5.82 Å². The maximum Gasteiger partial charge on any atom is 0.251 e. The third-order valence-corrected chi connectivity index (χ3v) is 3.27. The van der Waals surface area contributed by atoms with E-state index in [2.05, 4.69) is 10.6 Å². The van der Waals surface area contributed by atoms with Crippen LogP contribution in [0.5, 0.6) is 0 Å². The minimum atomic E-state index is -0.600. The summed E-state index contributed by atoms with van der Waals surface area (Å²) in [5, 5.41) is 5.93. The number of methoxy groups -OCH3 is 1. The van der Waals surface area contributed by atoms with Crippen LogP contribution in [0.15, 0.2) is 18.2 Å². The van der Waals surface area contributed by atoms with Crippen molar-refractivity contribution in [3.63, 3.8) is 0 Å². The first-order valence-corrected chi connectivity index (χ1v) is 5.99. The van der Waals surface area contributed by atoms with Crippen molar-refractivity contribution >= 4 is 17.5 Å². The van der Waals surface area contributed by atoms with Crippen LogP contribution in [0.25, 0.3) is 0 Å². The van der Waals surface area contributed by atoms with E-state index in [0.717, 1.165) is 6.07 Å². The largest absolute Gasteiger partial charge is 0.378 e. The maximum absolute atomic E-state index is 13.2. The molecular formula is C12H14ClFN2O2. The van der Waals surface area contributed by atoms with Gasteiger partial charge in [0.05, 0.1) is 17.2 Å². The topological polar surface area (TPSA) is 50.4 Å². The number of carbonyl (C=O) groups excluding carboxylic acids is 1. The second-order valence-electron chi connectivity index (χ2n) is 4.14. The highest BCUT2D eigenvalue weighted by molar-refractivity contribution is 6.30. The minimum Gasteiger partial charge on any atom is -0.378 e. The average Bonchev–Trinajstić information content (AvgIpc) is 2.79. The van der Waals surface area contributed by atoms with Crippen LogP contribution in [-0.4, -0.2) is 38.3 Å². The zero-order chi connectivity index (χ0) is 13.1. The molecule has 2 atom stereocenters. The van der Waals surface area contributed by atoms with Crippen molar-refractivity contribution in [2.45, 2.75) is 12.1 Å². The molecule has 0 saturated carbocycles.